The molecular weight excluding hydrogens is 464 g/mol. The van der Waals surface area contributed by atoms with Gasteiger partial charge < -0.3 is 14.1 Å². The van der Waals surface area contributed by atoms with Crippen molar-refractivity contribution in [2.75, 3.05) is 18.1 Å². The minimum absolute atomic E-state index is 0.0599. The second kappa shape index (κ2) is 9.48. The van der Waals surface area contributed by atoms with Crippen molar-refractivity contribution in [3.05, 3.63) is 87.9 Å². The molecule has 0 radical (unpaired) electrons. The van der Waals surface area contributed by atoms with Crippen molar-refractivity contribution in [3.8, 4) is 0 Å². The number of nitro benzene ring substituents is 1. The number of sulfone groups is 1. The van der Waals surface area contributed by atoms with Gasteiger partial charge >= 0.3 is 5.97 Å². The number of hydrogen-bond acceptors (Lipinski definition) is 8. The highest BCUT2D eigenvalue weighted by Gasteiger charge is 2.27. The Morgan fingerprint density at radius 1 is 1.12 bits per heavy atom. The van der Waals surface area contributed by atoms with Crippen molar-refractivity contribution in [1.82, 2.24) is 0 Å². The van der Waals surface area contributed by atoms with Gasteiger partial charge in [0, 0.05) is 29.9 Å². The second-order valence-electron chi connectivity index (χ2n) is 7.64. The molecule has 0 unspecified atom stereocenters. The number of nitrogens with zero attached hydrogens (tertiary/aromatic N) is 2. The highest BCUT2D eigenvalue weighted by Crippen LogP contribution is 2.30. The minimum atomic E-state index is -3.72. The van der Waals surface area contributed by atoms with Gasteiger partial charge in [-0.05, 0) is 42.7 Å². The lowest BCUT2D eigenvalue weighted by Crippen LogP contribution is -2.38. The predicted octanol–water partition coefficient (Wildman–Crippen LogP) is 3.30. The molecule has 1 amide bonds. The van der Waals surface area contributed by atoms with Gasteiger partial charge in [-0.2, -0.15) is 0 Å². The molecule has 0 bridgehead atoms. The third-order valence-corrected chi connectivity index (χ3v) is 7.08. The predicted molar refractivity (Wildman–Crippen MR) is 120 cm³/mol. The van der Waals surface area contributed by atoms with Crippen LogP contribution in [0, 0.1) is 10.1 Å². The number of fused-ring (bicyclic) bond motifs is 1. The number of benzene rings is 2. The Hall–Kier alpha value is -3.99. The average molecular weight is 484 g/mol. The maximum atomic E-state index is 12.7. The molecule has 1 aliphatic rings. The fourth-order valence-electron chi connectivity index (χ4n) is 3.77. The van der Waals surface area contributed by atoms with E-state index >= 15 is 0 Å². The Balaban J connectivity index is 1.43. The number of non-ortho nitro benzene ring substituents is 1. The maximum absolute atomic E-state index is 12.7. The molecule has 3 aromatic rings. The van der Waals surface area contributed by atoms with Gasteiger partial charge in [0.2, 0.25) is 5.76 Å². The molecule has 1 aliphatic heterocycles. The molecule has 2 heterocycles. The smallest absolute Gasteiger partial charge is 0.375 e. The van der Waals surface area contributed by atoms with Crippen LogP contribution < -0.4 is 4.90 Å². The lowest BCUT2D eigenvalue weighted by molar-refractivity contribution is -0.384. The molecule has 0 saturated heterocycles. The number of carbonyl (C=O) groups is 2. The van der Waals surface area contributed by atoms with Crippen LogP contribution in [0.3, 0.4) is 0 Å². The summed E-state index contributed by atoms with van der Waals surface area (Å²) < 4.78 is 35.5. The van der Waals surface area contributed by atoms with Gasteiger partial charge in [0.1, 0.15) is 0 Å². The number of hydrogen-bond donors (Lipinski definition) is 0. The van der Waals surface area contributed by atoms with Crippen LogP contribution in [0.5, 0.6) is 0 Å². The number of rotatable bonds is 7. The number of anilines is 1. The first kappa shape index (κ1) is 23.2. The van der Waals surface area contributed by atoms with Crippen LogP contribution in [0.15, 0.2) is 70.2 Å². The van der Waals surface area contributed by atoms with Gasteiger partial charge in [0.05, 0.1) is 21.8 Å². The van der Waals surface area contributed by atoms with E-state index in [1.165, 1.54) is 47.6 Å². The van der Waals surface area contributed by atoms with Crippen LogP contribution >= 0.6 is 0 Å². The average Bonchev–Trinajstić information content (AvgIpc) is 3.29. The summed E-state index contributed by atoms with van der Waals surface area (Å²) in [5.74, 6) is -2.22. The highest BCUT2D eigenvalue weighted by molar-refractivity contribution is 7.90. The van der Waals surface area contributed by atoms with Crippen molar-refractivity contribution in [3.63, 3.8) is 0 Å². The fourth-order valence-corrected chi connectivity index (χ4v) is 5.15. The first-order chi connectivity index (χ1) is 16.3. The monoisotopic (exact) mass is 484 g/mol. The number of amides is 1. The second-order valence-corrected chi connectivity index (χ2v) is 9.63. The fraction of sp³-hybridized carbons (Fsp3) is 0.217. The summed E-state index contributed by atoms with van der Waals surface area (Å²) in [5.41, 5.74) is 1.26. The van der Waals surface area contributed by atoms with Crippen LogP contribution in [0.2, 0.25) is 0 Å². The number of aryl methyl sites for hydroxylation is 1. The topological polar surface area (TPSA) is 137 Å². The Morgan fingerprint density at radius 2 is 1.88 bits per heavy atom. The molecule has 1 aromatic heterocycles. The molecule has 0 saturated carbocycles. The summed E-state index contributed by atoms with van der Waals surface area (Å²) in [6, 6.07) is 13.4. The molecule has 0 spiro atoms. The molecule has 2 aromatic carbocycles. The van der Waals surface area contributed by atoms with E-state index in [-0.39, 0.29) is 21.9 Å². The van der Waals surface area contributed by atoms with E-state index in [1.54, 1.807) is 18.2 Å². The number of esters is 1. The van der Waals surface area contributed by atoms with E-state index in [1.807, 2.05) is 0 Å². The first-order valence-corrected chi connectivity index (χ1v) is 12.0. The third-order valence-electron chi connectivity index (χ3n) is 5.40. The van der Waals surface area contributed by atoms with Gasteiger partial charge in [0.15, 0.2) is 16.4 Å². The van der Waals surface area contributed by atoms with Crippen molar-refractivity contribution in [2.24, 2.45) is 0 Å². The Labute approximate surface area is 194 Å². The minimum Gasteiger partial charge on any atom is -0.457 e. The summed E-state index contributed by atoms with van der Waals surface area (Å²) in [6.07, 6.45) is 2.38. The van der Waals surface area contributed by atoms with Gasteiger partial charge in [-0.25, -0.2) is 13.2 Å². The molecule has 0 atom stereocenters. The molecule has 4 rings (SSSR count). The molecular formula is C23H20N2O8S. The van der Waals surface area contributed by atoms with Gasteiger partial charge in [0.25, 0.3) is 11.6 Å². The summed E-state index contributed by atoms with van der Waals surface area (Å²) in [4.78, 5) is 37.3. The van der Waals surface area contributed by atoms with E-state index in [2.05, 4.69) is 0 Å². The zero-order valence-electron chi connectivity index (χ0n) is 17.9. The van der Waals surface area contributed by atoms with Crippen LogP contribution in [-0.2, 0) is 31.5 Å². The Kier molecular flexibility index (Phi) is 6.46. The summed E-state index contributed by atoms with van der Waals surface area (Å²) in [6.45, 7) is -0.219. The van der Waals surface area contributed by atoms with Gasteiger partial charge in [-0.1, -0.05) is 18.2 Å². The van der Waals surface area contributed by atoms with E-state index in [0.29, 0.717) is 30.6 Å². The number of furan rings is 1. The van der Waals surface area contributed by atoms with Crippen molar-refractivity contribution < 1.29 is 32.1 Å². The van der Waals surface area contributed by atoms with Crippen molar-refractivity contribution >= 4 is 33.1 Å². The molecule has 0 aliphatic carbocycles. The first-order valence-electron chi connectivity index (χ1n) is 10.4. The van der Waals surface area contributed by atoms with Gasteiger partial charge in [-0.15, -0.1) is 0 Å². The quantitative estimate of drug-likeness (QED) is 0.283. The number of carbonyl (C=O) groups excluding carboxylic acids is 2. The lowest BCUT2D eigenvalue weighted by Gasteiger charge is -2.29. The summed E-state index contributed by atoms with van der Waals surface area (Å²) in [5, 5.41) is 11.0. The standard InChI is InChI=1S/C23H20N2O8S/c26-21(24-11-4-5-16-13-18(25(28)29)8-9-20(16)24)14-33-23(27)22-17(10-12-32-22)15-34(30,31)19-6-2-1-3-7-19/h1-3,6-10,12-13H,4-5,11,14-15H2. The maximum Gasteiger partial charge on any atom is 0.375 e. The van der Waals surface area contributed by atoms with Crippen LogP contribution in [0.1, 0.15) is 28.1 Å². The molecule has 0 fully saturated rings. The third kappa shape index (κ3) is 4.84. The normalized spacial score (nSPS) is 13.2. The molecule has 0 N–H and O–H groups in total. The highest BCUT2D eigenvalue weighted by atomic mass is 32.2. The Bertz CT molecular complexity index is 1350. The lowest BCUT2D eigenvalue weighted by atomic mass is 10.0. The summed E-state index contributed by atoms with van der Waals surface area (Å²) >= 11 is 0. The van der Waals surface area contributed by atoms with E-state index in [4.69, 9.17) is 9.15 Å². The van der Waals surface area contributed by atoms with Crippen LogP contribution in [-0.4, -0.2) is 38.4 Å². The SMILES string of the molecule is O=C(OCC(=O)N1CCCc2cc([N+](=O)[O-])ccc21)c1occc1CS(=O)(=O)c1ccccc1. The zero-order valence-corrected chi connectivity index (χ0v) is 18.7. The molecule has 176 valence electrons. The van der Waals surface area contributed by atoms with Crippen molar-refractivity contribution in [1.29, 1.82) is 0 Å². The summed E-state index contributed by atoms with van der Waals surface area (Å²) in [7, 11) is -3.72. The van der Waals surface area contributed by atoms with E-state index in [0.717, 1.165) is 0 Å². The largest absolute Gasteiger partial charge is 0.457 e. The van der Waals surface area contributed by atoms with E-state index in [9.17, 15) is 28.1 Å². The van der Waals surface area contributed by atoms with Gasteiger partial charge in [-0.3, -0.25) is 14.9 Å². The van der Waals surface area contributed by atoms with E-state index < -0.39 is 39.0 Å². The van der Waals surface area contributed by atoms with Crippen LogP contribution in [0.4, 0.5) is 11.4 Å². The number of ether oxygens (including phenoxy) is 1. The molecule has 34 heavy (non-hydrogen) atoms. The number of nitro groups is 1. The Morgan fingerprint density at radius 3 is 2.62 bits per heavy atom. The molecule has 11 heteroatoms. The van der Waals surface area contributed by atoms with Crippen LogP contribution in [0.25, 0.3) is 0 Å². The molecule has 10 nitrogen and oxygen atoms in total. The zero-order chi connectivity index (χ0) is 24.3. The van der Waals surface area contributed by atoms with Crippen molar-refractivity contribution in [2.45, 2.75) is 23.5 Å².